The van der Waals surface area contributed by atoms with Gasteiger partial charge in [-0.25, -0.2) is 0 Å². The number of nitrogens with zero attached hydrogens (tertiary/aromatic N) is 1. The molecule has 80 valence electrons. The highest BCUT2D eigenvalue weighted by Gasteiger charge is 2.29. The van der Waals surface area contributed by atoms with Crippen LogP contribution in [0.2, 0.25) is 0 Å². The molecule has 14 heavy (non-hydrogen) atoms. The molecule has 0 aromatic carbocycles. The highest BCUT2D eigenvalue weighted by atomic mass is 32.2. The third-order valence-corrected chi connectivity index (χ3v) is 4.43. The third kappa shape index (κ3) is 3.18. The van der Waals surface area contributed by atoms with E-state index in [1.54, 1.807) is 11.8 Å². The van der Waals surface area contributed by atoms with Crippen LogP contribution >= 0.6 is 11.8 Å². The van der Waals surface area contributed by atoms with Gasteiger partial charge >= 0.3 is 0 Å². The zero-order valence-electron chi connectivity index (χ0n) is 8.78. The summed E-state index contributed by atoms with van der Waals surface area (Å²) < 4.78 is 0. The van der Waals surface area contributed by atoms with Crippen molar-refractivity contribution in [1.82, 2.24) is 0 Å². The van der Waals surface area contributed by atoms with Crippen LogP contribution in [0.5, 0.6) is 0 Å². The first-order valence-electron chi connectivity index (χ1n) is 5.43. The quantitative estimate of drug-likeness (QED) is 0.780. The van der Waals surface area contributed by atoms with Crippen molar-refractivity contribution in [3.05, 3.63) is 0 Å². The Labute approximate surface area is 90.7 Å². The van der Waals surface area contributed by atoms with Crippen LogP contribution in [0.15, 0.2) is 0 Å². The largest absolute Gasteiger partial charge is 0.396 e. The van der Waals surface area contributed by atoms with Crippen LogP contribution in [0.1, 0.15) is 32.6 Å². The van der Waals surface area contributed by atoms with E-state index in [1.165, 1.54) is 19.3 Å². The molecule has 0 heterocycles. The predicted molar refractivity (Wildman–Crippen MR) is 60.1 cm³/mol. The second kappa shape index (κ2) is 6.31. The normalized spacial score (nSPS) is 32.5. The monoisotopic (exact) mass is 213 g/mol. The van der Waals surface area contributed by atoms with Gasteiger partial charge in [-0.05, 0) is 25.2 Å². The van der Waals surface area contributed by atoms with Crippen molar-refractivity contribution in [3.63, 3.8) is 0 Å². The van der Waals surface area contributed by atoms with Gasteiger partial charge in [0, 0.05) is 11.0 Å². The molecule has 0 amide bonds. The minimum absolute atomic E-state index is 0.217. The van der Waals surface area contributed by atoms with Crippen molar-refractivity contribution in [3.8, 4) is 6.07 Å². The number of nitriles is 1. The van der Waals surface area contributed by atoms with E-state index >= 15 is 0 Å². The summed E-state index contributed by atoms with van der Waals surface area (Å²) >= 11 is 1.78. The van der Waals surface area contributed by atoms with Gasteiger partial charge in [-0.3, -0.25) is 0 Å². The van der Waals surface area contributed by atoms with E-state index in [9.17, 15) is 0 Å². The molecule has 1 fully saturated rings. The molecule has 0 radical (unpaired) electrons. The van der Waals surface area contributed by atoms with Crippen LogP contribution in [-0.2, 0) is 0 Å². The van der Waals surface area contributed by atoms with Crippen molar-refractivity contribution < 1.29 is 5.11 Å². The molecule has 2 nitrogen and oxygen atoms in total. The molecule has 3 atom stereocenters. The first-order valence-corrected chi connectivity index (χ1v) is 6.48. The summed E-state index contributed by atoms with van der Waals surface area (Å²) in [6, 6.07) is 2.41. The lowest BCUT2D eigenvalue weighted by atomic mass is 9.81. The molecule has 3 unspecified atom stereocenters. The second-order valence-electron chi connectivity index (χ2n) is 3.96. The second-order valence-corrected chi connectivity index (χ2v) is 5.30. The maximum absolute atomic E-state index is 8.99. The van der Waals surface area contributed by atoms with E-state index in [1.807, 2.05) is 0 Å². The van der Waals surface area contributed by atoms with Crippen LogP contribution in [0.4, 0.5) is 0 Å². The van der Waals surface area contributed by atoms with Gasteiger partial charge in [-0.15, -0.1) is 0 Å². The molecule has 1 saturated carbocycles. The van der Waals surface area contributed by atoms with Crippen molar-refractivity contribution >= 4 is 11.8 Å². The van der Waals surface area contributed by atoms with Crippen molar-refractivity contribution in [2.24, 2.45) is 11.8 Å². The van der Waals surface area contributed by atoms with Gasteiger partial charge in [0.05, 0.1) is 18.6 Å². The molecule has 0 aliphatic heterocycles. The van der Waals surface area contributed by atoms with Gasteiger partial charge in [-0.2, -0.15) is 17.0 Å². The molecular weight excluding hydrogens is 194 g/mol. The SMILES string of the molecule is CCC1CCC(C#N)C(SCCO)C1. The summed E-state index contributed by atoms with van der Waals surface area (Å²) in [4.78, 5) is 0. The fourth-order valence-corrected chi connectivity index (χ4v) is 3.36. The van der Waals surface area contributed by atoms with Crippen LogP contribution < -0.4 is 0 Å². The Hall–Kier alpha value is -0.200. The summed E-state index contributed by atoms with van der Waals surface area (Å²) in [6.07, 6.45) is 4.66. The zero-order chi connectivity index (χ0) is 10.4. The molecular formula is C11H19NOS. The molecule has 1 N–H and O–H groups in total. The first kappa shape index (κ1) is 11.9. The smallest absolute Gasteiger partial charge is 0.0667 e. The molecule has 0 spiro atoms. The molecule has 1 rings (SSSR count). The van der Waals surface area contributed by atoms with E-state index in [4.69, 9.17) is 10.4 Å². The number of aliphatic hydroxyl groups is 1. The summed E-state index contributed by atoms with van der Waals surface area (Å²) in [6.45, 7) is 2.46. The Morgan fingerprint density at radius 3 is 2.86 bits per heavy atom. The minimum Gasteiger partial charge on any atom is -0.396 e. The van der Waals surface area contributed by atoms with E-state index in [2.05, 4.69) is 13.0 Å². The topological polar surface area (TPSA) is 44.0 Å². The van der Waals surface area contributed by atoms with Crippen LogP contribution in [0.3, 0.4) is 0 Å². The lowest BCUT2D eigenvalue weighted by Crippen LogP contribution is -2.26. The number of hydrogen-bond acceptors (Lipinski definition) is 3. The summed E-state index contributed by atoms with van der Waals surface area (Å²) in [5, 5.41) is 18.2. The van der Waals surface area contributed by atoms with Gasteiger partial charge in [0.1, 0.15) is 0 Å². The highest BCUT2D eigenvalue weighted by molar-refractivity contribution is 7.99. The lowest BCUT2D eigenvalue weighted by molar-refractivity contribution is 0.311. The zero-order valence-corrected chi connectivity index (χ0v) is 9.59. The fraction of sp³-hybridized carbons (Fsp3) is 0.909. The van der Waals surface area contributed by atoms with Gasteiger partial charge < -0.3 is 5.11 Å². The van der Waals surface area contributed by atoms with Gasteiger partial charge in [0.15, 0.2) is 0 Å². The maximum Gasteiger partial charge on any atom is 0.0667 e. The molecule has 0 aromatic rings. The van der Waals surface area contributed by atoms with Gasteiger partial charge in [-0.1, -0.05) is 13.3 Å². The van der Waals surface area contributed by atoms with Crippen molar-refractivity contribution in [2.75, 3.05) is 12.4 Å². The van der Waals surface area contributed by atoms with Crippen LogP contribution in [0.25, 0.3) is 0 Å². The predicted octanol–water partition coefficient (Wildman–Crippen LogP) is 2.43. The van der Waals surface area contributed by atoms with E-state index in [0.717, 1.165) is 18.1 Å². The van der Waals surface area contributed by atoms with Crippen LogP contribution in [0, 0.1) is 23.2 Å². The highest BCUT2D eigenvalue weighted by Crippen LogP contribution is 2.37. The molecule has 1 aliphatic carbocycles. The molecule has 0 saturated heterocycles. The number of rotatable bonds is 4. The average molecular weight is 213 g/mol. The summed E-state index contributed by atoms with van der Waals surface area (Å²) in [5.74, 6) is 1.80. The average Bonchev–Trinajstić information content (AvgIpc) is 2.25. The number of thioether (sulfide) groups is 1. The molecule has 0 bridgehead atoms. The fourth-order valence-electron chi connectivity index (χ4n) is 2.12. The molecule has 1 aliphatic rings. The Bertz CT molecular complexity index is 202. The standard InChI is InChI=1S/C11H19NOS/c1-2-9-3-4-10(8-12)11(7-9)14-6-5-13/h9-11,13H,2-7H2,1H3. The Morgan fingerprint density at radius 2 is 2.29 bits per heavy atom. The molecule has 0 aromatic heterocycles. The Kier molecular flexibility index (Phi) is 5.36. The maximum atomic E-state index is 8.99. The number of aliphatic hydroxyl groups excluding tert-OH is 1. The van der Waals surface area contributed by atoms with E-state index < -0.39 is 0 Å². The lowest BCUT2D eigenvalue weighted by Gasteiger charge is -2.31. The van der Waals surface area contributed by atoms with Gasteiger partial charge in [0.25, 0.3) is 0 Å². The number of hydrogen-bond donors (Lipinski definition) is 1. The Morgan fingerprint density at radius 1 is 1.50 bits per heavy atom. The van der Waals surface area contributed by atoms with Crippen LogP contribution in [-0.4, -0.2) is 22.7 Å². The summed E-state index contributed by atoms with van der Waals surface area (Å²) in [7, 11) is 0. The van der Waals surface area contributed by atoms with Crippen molar-refractivity contribution in [1.29, 1.82) is 5.26 Å². The van der Waals surface area contributed by atoms with E-state index in [-0.39, 0.29) is 12.5 Å². The Balaban J connectivity index is 2.43. The first-order chi connectivity index (χ1) is 6.81. The molecule has 3 heteroatoms. The van der Waals surface area contributed by atoms with E-state index in [0.29, 0.717) is 5.25 Å². The summed E-state index contributed by atoms with van der Waals surface area (Å²) in [5.41, 5.74) is 0. The third-order valence-electron chi connectivity index (χ3n) is 3.07. The minimum atomic E-state index is 0.217. The van der Waals surface area contributed by atoms with Crippen molar-refractivity contribution in [2.45, 2.75) is 37.9 Å². The van der Waals surface area contributed by atoms with Gasteiger partial charge in [0.2, 0.25) is 0 Å².